The maximum absolute atomic E-state index is 12.2. The van der Waals surface area contributed by atoms with Crippen LogP contribution in [0.25, 0.3) is 0 Å². The fourth-order valence-electron chi connectivity index (χ4n) is 4.85. The van der Waals surface area contributed by atoms with Crippen LogP contribution in [-0.4, -0.2) is 44.5 Å². The molecule has 1 aromatic carbocycles. The quantitative estimate of drug-likeness (QED) is 0.592. The number of nitrogens with one attached hydrogen (secondary N) is 2. The van der Waals surface area contributed by atoms with Crippen molar-refractivity contribution in [2.75, 3.05) is 20.3 Å². The molecule has 2 aliphatic carbocycles. The highest BCUT2D eigenvalue weighted by Crippen LogP contribution is 2.62. The van der Waals surface area contributed by atoms with Crippen molar-refractivity contribution >= 4 is 5.96 Å². The summed E-state index contributed by atoms with van der Waals surface area (Å²) in [6, 6.07) is 7.01. The number of guanidine groups is 1. The summed E-state index contributed by atoms with van der Waals surface area (Å²) in [6.07, 6.45) is 0.854. The van der Waals surface area contributed by atoms with Gasteiger partial charge in [0, 0.05) is 37.6 Å². The molecule has 2 saturated carbocycles. The second-order valence-electron chi connectivity index (χ2n) is 7.93. The molecule has 3 atom stereocenters. The minimum absolute atomic E-state index is 0.206. The molecule has 0 aromatic heterocycles. The summed E-state index contributed by atoms with van der Waals surface area (Å²) in [4.78, 5) is 4.34. The third kappa shape index (κ3) is 3.66. The molecule has 3 unspecified atom stereocenters. The van der Waals surface area contributed by atoms with Crippen molar-refractivity contribution in [3.63, 3.8) is 0 Å². The lowest BCUT2D eigenvalue weighted by Crippen LogP contribution is -2.72. The summed E-state index contributed by atoms with van der Waals surface area (Å²) in [5.74, 6) is 1.51. The number of benzene rings is 1. The highest BCUT2D eigenvalue weighted by atomic mass is 19.4. The molecule has 1 aromatic rings. The molecule has 2 N–H and O–H groups in total. The predicted molar refractivity (Wildman–Crippen MR) is 99.2 cm³/mol. The third-order valence-electron chi connectivity index (χ3n) is 6.34. The van der Waals surface area contributed by atoms with Gasteiger partial charge in [-0.1, -0.05) is 18.6 Å². The fourth-order valence-corrected chi connectivity index (χ4v) is 4.85. The Kier molecular flexibility index (Phi) is 5.16. The number of aliphatic imine (C=N–C) groups is 1. The Hall–Kier alpha value is -1.96. The van der Waals surface area contributed by atoms with Crippen molar-refractivity contribution in [1.82, 2.24) is 10.6 Å². The Morgan fingerprint density at radius 3 is 2.64 bits per heavy atom. The molecule has 0 amide bonds. The topological polar surface area (TPSA) is 54.9 Å². The average Bonchev–Trinajstić information content (AvgIpc) is 3.04. The maximum Gasteiger partial charge on any atom is 0.422 e. The molecule has 3 fully saturated rings. The molecular weight excluding hydrogens is 371 g/mol. The Labute approximate surface area is 162 Å². The standard InChI is InChI=1S/C20H26F3N3O2/c1-24-18(26-16-15-7-10-27-17(15)19(16)8-2-9-19)25-11-13-3-5-14(6-4-13)28-12-20(21,22)23/h3-6,15-17H,2,7-12H2,1H3,(H2,24,25,26). The largest absolute Gasteiger partial charge is 0.484 e. The number of rotatable bonds is 5. The lowest BCUT2D eigenvalue weighted by atomic mass is 9.46. The monoisotopic (exact) mass is 397 g/mol. The smallest absolute Gasteiger partial charge is 0.422 e. The van der Waals surface area contributed by atoms with Crippen LogP contribution in [0.15, 0.2) is 29.3 Å². The van der Waals surface area contributed by atoms with Crippen LogP contribution in [0, 0.1) is 11.3 Å². The van der Waals surface area contributed by atoms with Crippen LogP contribution in [0.2, 0.25) is 0 Å². The molecule has 1 saturated heterocycles. The summed E-state index contributed by atoms with van der Waals surface area (Å²) in [6.45, 7) is 0.101. The van der Waals surface area contributed by atoms with Gasteiger partial charge in [-0.3, -0.25) is 4.99 Å². The minimum atomic E-state index is -4.33. The highest BCUT2D eigenvalue weighted by molar-refractivity contribution is 5.80. The molecule has 8 heteroatoms. The lowest BCUT2D eigenvalue weighted by molar-refractivity contribution is -0.171. The predicted octanol–water partition coefficient (Wildman–Crippen LogP) is 3.25. The number of nitrogens with zero attached hydrogens (tertiary/aromatic N) is 1. The van der Waals surface area contributed by atoms with Gasteiger partial charge in [0.2, 0.25) is 0 Å². The molecule has 5 nitrogen and oxygen atoms in total. The molecule has 0 bridgehead atoms. The Morgan fingerprint density at radius 1 is 1.29 bits per heavy atom. The zero-order valence-electron chi connectivity index (χ0n) is 15.9. The first-order valence-electron chi connectivity index (χ1n) is 9.79. The summed E-state index contributed by atoms with van der Waals surface area (Å²) < 4.78 is 47.3. The van der Waals surface area contributed by atoms with Crippen LogP contribution < -0.4 is 15.4 Å². The second-order valence-corrected chi connectivity index (χ2v) is 7.93. The van der Waals surface area contributed by atoms with E-state index in [0.29, 0.717) is 24.6 Å². The molecule has 1 heterocycles. The number of fused-ring (bicyclic) bond motifs is 2. The first-order valence-corrected chi connectivity index (χ1v) is 9.79. The van der Waals surface area contributed by atoms with E-state index in [1.54, 1.807) is 31.3 Å². The van der Waals surface area contributed by atoms with Crippen LogP contribution in [0.5, 0.6) is 5.75 Å². The van der Waals surface area contributed by atoms with Crippen molar-refractivity contribution in [2.24, 2.45) is 16.3 Å². The highest BCUT2D eigenvalue weighted by Gasteiger charge is 2.66. The molecule has 28 heavy (non-hydrogen) atoms. The van der Waals surface area contributed by atoms with E-state index < -0.39 is 12.8 Å². The first-order chi connectivity index (χ1) is 13.4. The number of hydrogen-bond donors (Lipinski definition) is 2. The van der Waals surface area contributed by atoms with Crippen LogP contribution in [0.4, 0.5) is 13.2 Å². The van der Waals surface area contributed by atoms with Crippen molar-refractivity contribution in [2.45, 2.75) is 50.6 Å². The molecule has 0 radical (unpaired) electrons. The van der Waals surface area contributed by atoms with Gasteiger partial charge >= 0.3 is 6.18 Å². The van der Waals surface area contributed by atoms with Gasteiger partial charge in [-0.15, -0.1) is 0 Å². The van der Waals surface area contributed by atoms with Crippen molar-refractivity contribution in [3.05, 3.63) is 29.8 Å². The van der Waals surface area contributed by atoms with E-state index in [0.717, 1.165) is 24.6 Å². The van der Waals surface area contributed by atoms with Gasteiger partial charge in [-0.25, -0.2) is 0 Å². The van der Waals surface area contributed by atoms with Crippen LogP contribution in [-0.2, 0) is 11.3 Å². The van der Waals surface area contributed by atoms with Gasteiger partial charge in [-0.05, 0) is 37.0 Å². The summed E-state index contributed by atoms with van der Waals surface area (Å²) in [5.41, 5.74) is 1.22. The van der Waals surface area contributed by atoms with Crippen molar-refractivity contribution in [1.29, 1.82) is 0 Å². The summed E-state index contributed by atoms with van der Waals surface area (Å²) >= 11 is 0. The van der Waals surface area contributed by atoms with Gasteiger partial charge in [0.05, 0.1) is 6.10 Å². The van der Waals surface area contributed by atoms with Gasteiger partial charge in [0.1, 0.15) is 5.75 Å². The van der Waals surface area contributed by atoms with E-state index in [-0.39, 0.29) is 11.2 Å². The normalized spacial score (nSPS) is 28.3. The molecule has 3 aliphatic rings. The zero-order chi connectivity index (χ0) is 19.8. The van der Waals surface area contributed by atoms with E-state index in [9.17, 15) is 13.2 Å². The number of hydrogen-bond acceptors (Lipinski definition) is 3. The molecule has 4 rings (SSSR count). The van der Waals surface area contributed by atoms with E-state index >= 15 is 0 Å². The van der Waals surface area contributed by atoms with Crippen LogP contribution >= 0.6 is 0 Å². The Bertz CT molecular complexity index is 716. The van der Waals surface area contributed by atoms with Crippen LogP contribution in [0.1, 0.15) is 31.2 Å². The molecule has 154 valence electrons. The Balaban J connectivity index is 1.29. The fraction of sp³-hybridized carbons (Fsp3) is 0.650. The van der Waals surface area contributed by atoms with Gasteiger partial charge < -0.3 is 20.1 Å². The van der Waals surface area contributed by atoms with Gasteiger partial charge in [-0.2, -0.15) is 13.2 Å². The lowest BCUT2D eigenvalue weighted by Gasteiger charge is -2.63. The second kappa shape index (κ2) is 7.46. The minimum Gasteiger partial charge on any atom is -0.484 e. The van der Waals surface area contributed by atoms with E-state index in [1.165, 1.54) is 19.3 Å². The molecule has 1 spiro atoms. The van der Waals surface area contributed by atoms with Gasteiger partial charge in [0.25, 0.3) is 0 Å². The molecular formula is C20H26F3N3O2. The van der Waals surface area contributed by atoms with E-state index in [4.69, 9.17) is 9.47 Å². The van der Waals surface area contributed by atoms with Crippen molar-refractivity contribution in [3.8, 4) is 5.75 Å². The summed E-state index contributed by atoms with van der Waals surface area (Å²) in [5, 5.41) is 6.90. The number of ether oxygens (including phenoxy) is 2. The van der Waals surface area contributed by atoms with E-state index in [2.05, 4.69) is 15.6 Å². The van der Waals surface area contributed by atoms with Crippen LogP contribution in [0.3, 0.4) is 0 Å². The molecule has 1 aliphatic heterocycles. The third-order valence-corrected chi connectivity index (χ3v) is 6.34. The maximum atomic E-state index is 12.2. The summed E-state index contributed by atoms with van der Waals surface area (Å²) in [7, 11) is 1.75. The number of halogens is 3. The SMILES string of the molecule is CN=C(NCc1ccc(OCC(F)(F)F)cc1)NC1C2CCOC2C12CCC2. The van der Waals surface area contributed by atoms with Gasteiger partial charge in [0.15, 0.2) is 12.6 Å². The average molecular weight is 397 g/mol. The first kappa shape index (κ1) is 19.4. The zero-order valence-corrected chi connectivity index (χ0v) is 15.9. The van der Waals surface area contributed by atoms with E-state index in [1.807, 2.05) is 0 Å². The number of alkyl halides is 3. The van der Waals surface area contributed by atoms with Crippen molar-refractivity contribution < 1.29 is 22.6 Å². The Morgan fingerprint density at radius 2 is 2.04 bits per heavy atom.